The fourth-order valence-corrected chi connectivity index (χ4v) is 3.85. The second-order valence-electron chi connectivity index (χ2n) is 6.25. The average molecular weight is 341 g/mol. The van der Waals surface area contributed by atoms with Crippen molar-refractivity contribution < 1.29 is 4.79 Å². The molecular formula is C17H22Cl2N2O. The lowest BCUT2D eigenvalue weighted by molar-refractivity contribution is 0.0523. The van der Waals surface area contributed by atoms with E-state index < -0.39 is 0 Å². The smallest absolute Gasteiger partial charge is 0.253 e. The second kappa shape index (κ2) is 7.20. The minimum atomic E-state index is 0.0573. The largest absolute Gasteiger partial charge is 0.336 e. The van der Waals surface area contributed by atoms with Gasteiger partial charge in [0.2, 0.25) is 0 Å². The van der Waals surface area contributed by atoms with Crippen molar-refractivity contribution in [1.82, 2.24) is 9.80 Å². The normalized spacial score (nSPS) is 21.1. The first-order chi connectivity index (χ1) is 10.6. The average Bonchev–Trinajstić information content (AvgIpc) is 2.58. The summed E-state index contributed by atoms with van der Waals surface area (Å²) in [4.78, 5) is 17.0. The molecule has 1 aliphatic carbocycles. The lowest BCUT2D eigenvalue weighted by atomic mass is 9.94. The Morgan fingerprint density at radius 1 is 0.955 bits per heavy atom. The maximum absolute atomic E-state index is 12.6. The molecule has 1 saturated carbocycles. The fourth-order valence-electron chi connectivity index (χ4n) is 3.55. The molecule has 3 rings (SSSR count). The highest BCUT2D eigenvalue weighted by Crippen LogP contribution is 2.25. The lowest BCUT2D eigenvalue weighted by Gasteiger charge is -2.40. The van der Waals surface area contributed by atoms with Crippen LogP contribution >= 0.6 is 23.2 Å². The highest BCUT2D eigenvalue weighted by molar-refractivity contribution is 6.42. The number of halogens is 2. The van der Waals surface area contributed by atoms with E-state index in [1.54, 1.807) is 18.2 Å². The molecule has 22 heavy (non-hydrogen) atoms. The number of hydrogen-bond donors (Lipinski definition) is 0. The monoisotopic (exact) mass is 340 g/mol. The third-order valence-corrected chi connectivity index (χ3v) is 5.60. The van der Waals surface area contributed by atoms with E-state index >= 15 is 0 Å². The first kappa shape index (κ1) is 16.1. The van der Waals surface area contributed by atoms with Gasteiger partial charge in [-0.2, -0.15) is 0 Å². The highest BCUT2D eigenvalue weighted by atomic mass is 35.5. The second-order valence-corrected chi connectivity index (χ2v) is 7.06. The Morgan fingerprint density at radius 2 is 1.64 bits per heavy atom. The van der Waals surface area contributed by atoms with Crippen LogP contribution in [0, 0.1) is 0 Å². The number of nitrogens with zero attached hydrogens (tertiary/aromatic N) is 2. The van der Waals surface area contributed by atoms with Gasteiger partial charge in [-0.1, -0.05) is 42.5 Å². The molecule has 1 aliphatic heterocycles. The number of piperazine rings is 1. The molecule has 5 heteroatoms. The van der Waals surface area contributed by atoms with E-state index in [-0.39, 0.29) is 5.91 Å². The summed E-state index contributed by atoms with van der Waals surface area (Å²) in [6, 6.07) is 5.84. The van der Waals surface area contributed by atoms with Gasteiger partial charge in [0.05, 0.1) is 10.0 Å². The zero-order chi connectivity index (χ0) is 15.5. The molecule has 0 atom stereocenters. The quantitative estimate of drug-likeness (QED) is 0.809. The highest BCUT2D eigenvalue weighted by Gasteiger charge is 2.27. The first-order valence-corrected chi connectivity index (χ1v) is 8.89. The van der Waals surface area contributed by atoms with Crippen LogP contribution in [-0.2, 0) is 0 Å². The summed E-state index contributed by atoms with van der Waals surface area (Å²) < 4.78 is 0. The van der Waals surface area contributed by atoms with Gasteiger partial charge in [-0.15, -0.1) is 0 Å². The van der Waals surface area contributed by atoms with Crippen molar-refractivity contribution in [3.63, 3.8) is 0 Å². The third kappa shape index (κ3) is 3.58. The summed E-state index contributed by atoms with van der Waals surface area (Å²) >= 11 is 11.9. The predicted molar refractivity (Wildman–Crippen MR) is 90.8 cm³/mol. The lowest BCUT2D eigenvalue weighted by Crippen LogP contribution is -2.52. The Kier molecular flexibility index (Phi) is 5.27. The van der Waals surface area contributed by atoms with Gasteiger partial charge in [0.1, 0.15) is 0 Å². The number of amides is 1. The molecule has 0 radical (unpaired) electrons. The van der Waals surface area contributed by atoms with Crippen molar-refractivity contribution in [3.8, 4) is 0 Å². The van der Waals surface area contributed by atoms with E-state index in [4.69, 9.17) is 23.2 Å². The van der Waals surface area contributed by atoms with Crippen LogP contribution in [0.3, 0.4) is 0 Å². The van der Waals surface area contributed by atoms with Crippen molar-refractivity contribution in [2.45, 2.75) is 38.1 Å². The van der Waals surface area contributed by atoms with E-state index in [2.05, 4.69) is 4.90 Å². The Hall–Kier alpha value is -0.770. The van der Waals surface area contributed by atoms with Crippen LogP contribution in [0.5, 0.6) is 0 Å². The van der Waals surface area contributed by atoms with E-state index in [0.717, 1.165) is 32.2 Å². The van der Waals surface area contributed by atoms with Crippen molar-refractivity contribution in [1.29, 1.82) is 0 Å². The number of carbonyl (C=O) groups excluding carboxylic acids is 1. The topological polar surface area (TPSA) is 23.6 Å². The molecular weight excluding hydrogens is 319 g/mol. The summed E-state index contributed by atoms with van der Waals surface area (Å²) in [5.41, 5.74) is 0.625. The van der Waals surface area contributed by atoms with Gasteiger partial charge in [-0.3, -0.25) is 9.69 Å². The SMILES string of the molecule is O=C(c1ccc(Cl)c(Cl)c1)N1CCN(C2CCCCC2)CC1. The van der Waals surface area contributed by atoms with Gasteiger partial charge in [0.25, 0.3) is 5.91 Å². The molecule has 0 bridgehead atoms. The maximum atomic E-state index is 12.6. The maximum Gasteiger partial charge on any atom is 0.253 e. The Bertz CT molecular complexity index is 535. The van der Waals surface area contributed by atoms with Crippen LogP contribution in [0.4, 0.5) is 0 Å². The van der Waals surface area contributed by atoms with Crippen molar-refractivity contribution in [2.24, 2.45) is 0 Å². The minimum absolute atomic E-state index is 0.0573. The Labute approximate surface area is 142 Å². The molecule has 1 aromatic carbocycles. The fraction of sp³-hybridized carbons (Fsp3) is 0.588. The molecule has 0 N–H and O–H groups in total. The summed E-state index contributed by atoms with van der Waals surface area (Å²) in [5.74, 6) is 0.0573. The van der Waals surface area contributed by atoms with E-state index in [9.17, 15) is 4.79 Å². The molecule has 120 valence electrons. The van der Waals surface area contributed by atoms with Crippen LogP contribution in [0.2, 0.25) is 10.0 Å². The molecule has 0 spiro atoms. The number of hydrogen-bond acceptors (Lipinski definition) is 2. The summed E-state index contributed by atoms with van der Waals surface area (Å²) in [6.07, 6.45) is 6.73. The zero-order valence-corrected chi connectivity index (χ0v) is 14.2. The van der Waals surface area contributed by atoms with Gasteiger partial charge in [0, 0.05) is 37.8 Å². The van der Waals surface area contributed by atoms with Gasteiger partial charge in [-0.05, 0) is 31.0 Å². The predicted octanol–water partition coefficient (Wildman–Crippen LogP) is 4.08. The summed E-state index contributed by atoms with van der Waals surface area (Å²) in [6.45, 7) is 3.57. The third-order valence-electron chi connectivity index (χ3n) is 4.86. The minimum Gasteiger partial charge on any atom is -0.336 e. The van der Waals surface area contributed by atoms with Crippen LogP contribution < -0.4 is 0 Å². The molecule has 3 nitrogen and oxygen atoms in total. The van der Waals surface area contributed by atoms with Gasteiger partial charge >= 0.3 is 0 Å². The van der Waals surface area contributed by atoms with E-state index in [1.165, 1.54) is 32.1 Å². The van der Waals surface area contributed by atoms with Crippen LogP contribution in [-0.4, -0.2) is 47.9 Å². The number of rotatable bonds is 2. The summed E-state index contributed by atoms with van der Waals surface area (Å²) in [7, 11) is 0. The van der Waals surface area contributed by atoms with Crippen LogP contribution in [0.1, 0.15) is 42.5 Å². The summed E-state index contributed by atoms with van der Waals surface area (Å²) in [5, 5.41) is 0.925. The van der Waals surface area contributed by atoms with Crippen molar-refractivity contribution >= 4 is 29.1 Å². The van der Waals surface area contributed by atoms with Gasteiger partial charge in [0.15, 0.2) is 0 Å². The van der Waals surface area contributed by atoms with Crippen LogP contribution in [0.25, 0.3) is 0 Å². The zero-order valence-electron chi connectivity index (χ0n) is 12.7. The number of carbonyl (C=O) groups is 1. The molecule has 1 saturated heterocycles. The number of benzene rings is 1. The van der Waals surface area contributed by atoms with Crippen molar-refractivity contribution in [2.75, 3.05) is 26.2 Å². The van der Waals surface area contributed by atoms with Gasteiger partial charge in [-0.25, -0.2) is 0 Å². The van der Waals surface area contributed by atoms with E-state index in [1.807, 2.05) is 4.90 Å². The molecule has 0 aromatic heterocycles. The molecule has 2 aliphatic rings. The molecule has 1 amide bonds. The van der Waals surface area contributed by atoms with E-state index in [0.29, 0.717) is 15.6 Å². The standard InChI is InChI=1S/C17H22Cl2N2O/c18-15-7-6-13(12-16(15)19)17(22)21-10-8-20(9-11-21)14-4-2-1-3-5-14/h6-7,12,14H,1-5,8-11H2. The Morgan fingerprint density at radius 3 is 2.27 bits per heavy atom. The molecule has 1 aromatic rings. The molecule has 2 fully saturated rings. The van der Waals surface area contributed by atoms with Crippen LogP contribution in [0.15, 0.2) is 18.2 Å². The first-order valence-electron chi connectivity index (χ1n) is 8.13. The Balaban J connectivity index is 1.58. The molecule has 1 heterocycles. The molecule has 0 unspecified atom stereocenters. The van der Waals surface area contributed by atoms with Gasteiger partial charge < -0.3 is 4.90 Å². The van der Waals surface area contributed by atoms with Crippen molar-refractivity contribution in [3.05, 3.63) is 33.8 Å².